The molecule has 1 aromatic rings. The summed E-state index contributed by atoms with van der Waals surface area (Å²) in [5.74, 6) is 1.10. The van der Waals surface area contributed by atoms with Crippen molar-refractivity contribution in [2.75, 3.05) is 26.0 Å². The monoisotopic (exact) mass is 257 g/mol. The van der Waals surface area contributed by atoms with Crippen molar-refractivity contribution in [2.24, 2.45) is 0 Å². The molecule has 5 heteroatoms. The molecule has 88 valence electrons. The van der Waals surface area contributed by atoms with Gasteiger partial charge < -0.3 is 9.64 Å². The average Bonchev–Trinajstić information content (AvgIpc) is 2.85. The first-order chi connectivity index (χ1) is 7.72. The third kappa shape index (κ3) is 2.42. The van der Waals surface area contributed by atoms with Crippen LogP contribution in [-0.4, -0.2) is 36.8 Å². The lowest BCUT2D eigenvalue weighted by Crippen LogP contribution is -2.32. The Balaban J connectivity index is 2.11. The summed E-state index contributed by atoms with van der Waals surface area (Å²) in [7, 11) is 1.56. The van der Waals surface area contributed by atoms with Gasteiger partial charge in [-0.3, -0.25) is 4.79 Å². The molecule has 1 fully saturated rings. The smallest absolute Gasteiger partial charge is 0.249 e. The minimum Gasteiger partial charge on any atom is -0.375 e. The summed E-state index contributed by atoms with van der Waals surface area (Å²) in [5.41, 5.74) is 0. The Morgan fingerprint density at radius 2 is 2.44 bits per heavy atom. The predicted molar refractivity (Wildman–Crippen MR) is 67.8 cm³/mol. The Hall–Kier alpha value is -0.520. The molecule has 1 amide bonds. The number of carbonyl (C=O) groups is 1. The van der Waals surface area contributed by atoms with Gasteiger partial charge in [0.15, 0.2) is 0 Å². The van der Waals surface area contributed by atoms with Crippen LogP contribution in [0.2, 0.25) is 0 Å². The van der Waals surface area contributed by atoms with E-state index in [2.05, 4.69) is 19.1 Å². The van der Waals surface area contributed by atoms with Crippen molar-refractivity contribution in [3.63, 3.8) is 0 Å². The molecule has 1 atom stereocenters. The van der Waals surface area contributed by atoms with Gasteiger partial charge in [0.1, 0.15) is 12.0 Å². The first-order valence-electron chi connectivity index (χ1n) is 5.18. The topological polar surface area (TPSA) is 29.5 Å². The van der Waals surface area contributed by atoms with Gasteiger partial charge in [0.25, 0.3) is 0 Å². The zero-order valence-corrected chi connectivity index (χ0v) is 11.1. The highest BCUT2D eigenvalue weighted by molar-refractivity contribution is 7.99. The molecule has 0 saturated carbocycles. The van der Waals surface area contributed by atoms with E-state index in [9.17, 15) is 4.79 Å². The molecule has 0 aromatic carbocycles. The van der Waals surface area contributed by atoms with Gasteiger partial charge in [-0.05, 0) is 19.1 Å². The van der Waals surface area contributed by atoms with Crippen LogP contribution in [-0.2, 0) is 9.53 Å². The Labute approximate surface area is 104 Å². The zero-order valence-electron chi connectivity index (χ0n) is 9.43. The number of nitrogens with zero attached hydrogens (tertiary/aromatic N) is 1. The van der Waals surface area contributed by atoms with Gasteiger partial charge in [-0.25, -0.2) is 0 Å². The highest BCUT2D eigenvalue weighted by Crippen LogP contribution is 2.40. The van der Waals surface area contributed by atoms with Crippen LogP contribution in [0.4, 0.5) is 0 Å². The van der Waals surface area contributed by atoms with Gasteiger partial charge in [0.2, 0.25) is 5.91 Å². The van der Waals surface area contributed by atoms with Crippen LogP contribution in [0.15, 0.2) is 12.1 Å². The molecule has 1 aromatic heterocycles. The molecule has 0 radical (unpaired) electrons. The summed E-state index contributed by atoms with van der Waals surface area (Å²) in [6.07, 6.45) is 0. The Bertz CT molecular complexity index is 378. The summed E-state index contributed by atoms with van der Waals surface area (Å²) < 4.78 is 4.91. The molecule has 16 heavy (non-hydrogen) atoms. The maximum atomic E-state index is 11.8. The second kappa shape index (κ2) is 5.21. The molecule has 0 bridgehead atoms. The highest BCUT2D eigenvalue weighted by atomic mass is 32.2. The number of carbonyl (C=O) groups excluding carboxylic acids is 1. The molecule has 2 rings (SSSR count). The third-order valence-corrected chi connectivity index (χ3v) is 4.93. The van der Waals surface area contributed by atoms with Crippen molar-refractivity contribution in [3.05, 3.63) is 21.9 Å². The highest BCUT2D eigenvalue weighted by Gasteiger charge is 2.31. The van der Waals surface area contributed by atoms with E-state index < -0.39 is 0 Å². The zero-order chi connectivity index (χ0) is 11.5. The van der Waals surface area contributed by atoms with E-state index in [1.807, 2.05) is 16.7 Å². The van der Waals surface area contributed by atoms with Gasteiger partial charge in [-0.1, -0.05) is 0 Å². The fourth-order valence-electron chi connectivity index (χ4n) is 1.75. The Morgan fingerprint density at radius 1 is 1.62 bits per heavy atom. The van der Waals surface area contributed by atoms with Crippen LogP contribution >= 0.6 is 23.1 Å². The maximum absolute atomic E-state index is 11.8. The standard InChI is InChI=1S/C11H15NO2S2/c1-8-3-4-9(16-8)11-12(5-6-15-11)10(13)7-14-2/h3-4,11H,5-7H2,1-2H3/t11-/m1/s1. The Kier molecular flexibility index (Phi) is 3.89. The summed E-state index contributed by atoms with van der Waals surface area (Å²) in [5, 5.41) is 0.196. The lowest BCUT2D eigenvalue weighted by atomic mass is 10.4. The molecule has 1 aliphatic heterocycles. The number of aryl methyl sites for hydroxylation is 1. The van der Waals surface area contributed by atoms with E-state index in [4.69, 9.17) is 4.74 Å². The summed E-state index contributed by atoms with van der Waals surface area (Å²) in [4.78, 5) is 16.3. The van der Waals surface area contributed by atoms with Gasteiger partial charge in [0, 0.05) is 29.2 Å². The van der Waals surface area contributed by atoms with Crippen molar-refractivity contribution in [1.29, 1.82) is 0 Å². The van der Waals surface area contributed by atoms with E-state index in [-0.39, 0.29) is 17.9 Å². The number of rotatable bonds is 3. The van der Waals surface area contributed by atoms with E-state index in [1.165, 1.54) is 9.75 Å². The predicted octanol–water partition coefficient (Wildman–Crippen LogP) is 2.28. The van der Waals surface area contributed by atoms with Crippen molar-refractivity contribution in [2.45, 2.75) is 12.3 Å². The number of thioether (sulfide) groups is 1. The van der Waals surface area contributed by atoms with Crippen molar-refractivity contribution < 1.29 is 9.53 Å². The normalized spacial score (nSPS) is 20.4. The van der Waals surface area contributed by atoms with Crippen LogP contribution in [0.25, 0.3) is 0 Å². The average molecular weight is 257 g/mol. The maximum Gasteiger partial charge on any atom is 0.249 e. The molecule has 0 unspecified atom stereocenters. The number of hydrogen-bond donors (Lipinski definition) is 0. The van der Waals surface area contributed by atoms with E-state index in [0.29, 0.717) is 0 Å². The van der Waals surface area contributed by atoms with Gasteiger partial charge in [-0.2, -0.15) is 0 Å². The molecular weight excluding hydrogens is 242 g/mol. The van der Waals surface area contributed by atoms with Crippen LogP contribution in [0, 0.1) is 6.92 Å². The number of methoxy groups -OCH3 is 1. The van der Waals surface area contributed by atoms with E-state index in [1.54, 1.807) is 18.4 Å². The van der Waals surface area contributed by atoms with Crippen molar-refractivity contribution in [3.8, 4) is 0 Å². The van der Waals surface area contributed by atoms with Crippen LogP contribution in [0.3, 0.4) is 0 Å². The molecule has 0 N–H and O–H groups in total. The van der Waals surface area contributed by atoms with Crippen LogP contribution < -0.4 is 0 Å². The number of ether oxygens (including phenoxy) is 1. The van der Waals surface area contributed by atoms with Gasteiger partial charge in [0.05, 0.1) is 0 Å². The molecule has 0 spiro atoms. The van der Waals surface area contributed by atoms with Crippen LogP contribution in [0.5, 0.6) is 0 Å². The summed E-state index contributed by atoms with van der Waals surface area (Å²) >= 11 is 3.60. The van der Waals surface area contributed by atoms with Gasteiger partial charge >= 0.3 is 0 Å². The molecule has 0 aliphatic carbocycles. The van der Waals surface area contributed by atoms with E-state index >= 15 is 0 Å². The van der Waals surface area contributed by atoms with Crippen molar-refractivity contribution >= 4 is 29.0 Å². The lowest BCUT2D eigenvalue weighted by molar-refractivity contribution is -0.135. The minimum absolute atomic E-state index is 0.0866. The first kappa shape index (κ1) is 12.0. The Morgan fingerprint density at radius 3 is 3.06 bits per heavy atom. The molecule has 1 aliphatic rings. The SMILES string of the molecule is COCC(=O)N1CCS[C@@H]1c1ccc(C)s1. The largest absolute Gasteiger partial charge is 0.375 e. The molecule has 2 heterocycles. The number of hydrogen-bond acceptors (Lipinski definition) is 4. The van der Waals surface area contributed by atoms with E-state index in [0.717, 1.165) is 12.3 Å². The minimum atomic E-state index is 0.0866. The quantitative estimate of drug-likeness (QED) is 0.832. The first-order valence-corrected chi connectivity index (χ1v) is 7.05. The van der Waals surface area contributed by atoms with Gasteiger partial charge in [-0.15, -0.1) is 23.1 Å². The lowest BCUT2D eigenvalue weighted by Gasteiger charge is -2.22. The van der Waals surface area contributed by atoms with Crippen molar-refractivity contribution in [1.82, 2.24) is 4.90 Å². The second-order valence-electron chi connectivity index (χ2n) is 3.69. The third-order valence-electron chi connectivity index (χ3n) is 2.48. The molecular formula is C11H15NO2S2. The number of thiophene rings is 1. The fraction of sp³-hybridized carbons (Fsp3) is 0.545. The van der Waals surface area contributed by atoms with Crippen LogP contribution in [0.1, 0.15) is 15.1 Å². The summed E-state index contributed by atoms with van der Waals surface area (Å²) in [6.45, 7) is 3.10. The summed E-state index contributed by atoms with van der Waals surface area (Å²) in [6, 6.07) is 4.23. The molecule has 1 saturated heterocycles. The second-order valence-corrected chi connectivity index (χ2v) is 6.20. The fourth-order valence-corrected chi connectivity index (χ4v) is 4.15. The molecule has 3 nitrogen and oxygen atoms in total. The number of amides is 1.